The third-order valence-electron chi connectivity index (χ3n) is 3.90. The van der Waals surface area contributed by atoms with Crippen LogP contribution in [0.1, 0.15) is 5.56 Å². The molecule has 0 unspecified atom stereocenters. The lowest BCUT2D eigenvalue weighted by molar-refractivity contribution is -0.115. The van der Waals surface area contributed by atoms with Crippen molar-refractivity contribution in [3.05, 3.63) is 83.9 Å². The Bertz CT molecular complexity index is 926. The Labute approximate surface area is 155 Å². The number of amides is 1. The van der Waals surface area contributed by atoms with Gasteiger partial charge < -0.3 is 15.4 Å². The summed E-state index contributed by atoms with van der Waals surface area (Å²) >= 11 is 0. The molecule has 2 N–H and O–H groups in total. The van der Waals surface area contributed by atoms with Crippen molar-refractivity contribution in [2.45, 2.75) is 6.42 Å². The second-order valence-corrected chi connectivity index (χ2v) is 5.90. The Morgan fingerprint density at radius 2 is 1.48 bits per heavy atom. The number of methoxy groups -OCH3 is 1. The van der Waals surface area contributed by atoms with Gasteiger partial charge in [-0.3, -0.25) is 4.79 Å². The molecule has 3 rings (SSSR count). The molecule has 0 aromatic heterocycles. The summed E-state index contributed by atoms with van der Waals surface area (Å²) in [6, 6.07) is 17.8. The molecule has 0 aliphatic carbocycles. The molecule has 0 saturated carbocycles. The molecule has 0 fully saturated rings. The van der Waals surface area contributed by atoms with Gasteiger partial charge in [-0.25, -0.2) is 8.78 Å². The van der Waals surface area contributed by atoms with Gasteiger partial charge in [0.05, 0.1) is 13.5 Å². The summed E-state index contributed by atoms with van der Waals surface area (Å²) in [5, 5.41) is 5.79. The fraction of sp³-hybridized carbons (Fsp3) is 0.0952. The van der Waals surface area contributed by atoms with Crippen molar-refractivity contribution < 1.29 is 18.3 Å². The molecule has 6 heteroatoms. The number of carbonyl (C=O) groups is 1. The van der Waals surface area contributed by atoms with Crippen LogP contribution in [0.25, 0.3) is 0 Å². The molecule has 27 heavy (non-hydrogen) atoms. The second kappa shape index (κ2) is 8.31. The van der Waals surface area contributed by atoms with Crippen LogP contribution in [0.2, 0.25) is 0 Å². The van der Waals surface area contributed by atoms with Crippen molar-refractivity contribution in [1.29, 1.82) is 0 Å². The van der Waals surface area contributed by atoms with Crippen molar-refractivity contribution in [2.75, 3.05) is 17.7 Å². The molecule has 3 aromatic rings. The van der Waals surface area contributed by atoms with E-state index in [0.29, 0.717) is 17.1 Å². The van der Waals surface area contributed by atoms with E-state index >= 15 is 0 Å². The summed E-state index contributed by atoms with van der Waals surface area (Å²) < 4.78 is 31.3. The van der Waals surface area contributed by atoms with Crippen LogP contribution in [0.5, 0.6) is 5.75 Å². The van der Waals surface area contributed by atoms with Crippen LogP contribution in [0, 0.1) is 11.6 Å². The lowest BCUT2D eigenvalue weighted by atomic mass is 10.1. The average molecular weight is 368 g/mol. The van der Waals surface area contributed by atoms with Crippen molar-refractivity contribution in [2.24, 2.45) is 0 Å². The van der Waals surface area contributed by atoms with Crippen molar-refractivity contribution in [1.82, 2.24) is 0 Å². The van der Waals surface area contributed by atoms with E-state index in [1.807, 2.05) is 12.1 Å². The Hall–Kier alpha value is -3.41. The number of anilines is 3. The Morgan fingerprint density at radius 1 is 0.852 bits per heavy atom. The summed E-state index contributed by atoms with van der Waals surface area (Å²) in [5.41, 5.74) is 2.65. The van der Waals surface area contributed by atoms with E-state index in [4.69, 9.17) is 4.74 Å². The first-order chi connectivity index (χ1) is 13.0. The first-order valence-electron chi connectivity index (χ1n) is 8.28. The summed E-state index contributed by atoms with van der Waals surface area (Å²) in [4.78, 5) is 12.1. The minimum Gasteiger partial charge on any atom is -0.497 e. The maximum atomic E-state index is 13.2. The number of hydrogen-bond acceptors (Lipinski definition) is 3. The van der Waals surface area contributed by atoms with Crippen LogP contribution >= 0.6 is 0 Å². The van der Waals surface area contributed by atoms with Gasteiger partial charge in [-0.2, -0.15) is 0 Å². The van der Waals surface area contributed by atoms with Crippen molar-refractivity contribution in [3.63, 3.8) is 0 Å². The van der Waals surface area contributed by atoms with Gasteiger partial charge in [-0.15, -0.1) is 0 Å². The monoisotopic (exact) mass is 368 g/mol. The van der Waals surface area contributed by atoms with Gasteiger partial charge in [0, 0.05) is 23.1 Å². The number of ether oxygens (including phenoxy) is 1. The van der Waals surface area contributed by atoms with E-state index in [-0.39, 0.29) is 12.3 Å². The highest BCUT2D eigenvalue weighted by Gasteiger charge is 2.06. The number of benzene rings is 3. The number of rotatable bonds is 6. The SMILES string of the molecule is COc1ccc(CC(=O)Nc2ccc(Nc3ccc(F)c(F)c3)cc2)cc1. The topological polar surface area (TPSA) is 50.4 Å². The summed E-state index contributed by atoms with van der Waals surface area (Å²) in [6.45, 7) is 0. The number of nitrogens with one attached hydrogen (secondary N) is 2. The van der Waals surface area contributed by atoms with Gasteiger partial charge in [0.25, 0.3) is 0 Å². The Kier molecular flexibility index (Phi) is 5.66. The first-order valence-corrected chi connectivity index (χ1v) is 8.28. The zero-order valence-electron chi connectivity index (χ0n) is 14.6. The normalized spacial score (nSPS) is 10.3. The zero-order valence-corrected chi connectivity index (χ0v) is 14.6. The zero-order chi connectivity index (χ0) is 19.2. The largest absolute Gasteiger partial charge is 0.497 e. The van der Waals surface area contributed by atoms with Crippen LogP contribution in [0.15, 0.2) is 66.7 Å². The summed E-state index contributed by atoms with van der Waals surface area (Å²) in [6.07, 6.45) is 0.249. The predicted molar refractivity (Wildman–Crippen MR) is 101 cm³/mol. The molecule has 0 spiro atoms. The minimum absolute atomic E-state index is 0.138. The minimum atomic E-state index is -0.914. The summed E-state index contributed by atoms with van der Waals surface area (Å²) in [5.74, 6) is -1.21. The van der Waals surface area contributed by atoms with E-state index < -0.39 is 11.6 Å². The van der Waals surface area contributed by atoms with E-state index in [0.717, 1.165) is 23.4 Å². The molecule has 0 saturated heterocycles. The van der Waals surface area contributed by atoms with Crippen LogP contribution in [0.4, 0.5) is 25.8 Å². The Balaban J connectivity index is 1.57. The number of halogens is 2. The van der Waals surface area contributed by atoms with E-state index in [9.17, 15) is 13.6 Å². The van der Waals surface area contributed by atoms with Crippen LogP contribution < -0.4 is 15.4 Å². The fourth-order valence-electron chi connectivity index (χ4n) is 2.51. The third-order valence-corrected chi connectivity index (χ3v) is 3.90. The number of hydrogen-bond donors (Lipinski definition) is 2. The van der Waals surface area contributed by atoms with Gasteiger partial charge in [0.2, 0.25) is 5.91 Å². The molecule has 0 bridgehead atoms. The maximum Gasteiger partial charge on any atom is 0.228 e. The molecular weight excluding hydrogens is 350 g/mol. The highest BCUT2D eigenvalue weighted by atomic mass is 19.2. The molecule has 0 radical (unpaired) electrons. The van der Waals surface area contributed by atoms with E-state index in [1.165, 1.54) is 6.07 Å². The maximum absolute atomic E-state index is 13.2. The smallest absolute Gasteiger partial charge is 0.228 e. The van der Waals surface area contributed by atoms with Crippen LogP contribution in [0.3, 0.4) is 0 Å². The molecule has 0 aliphatic rings. The molecule has 0 atom stereocenters. The predicted octanol–water partition coefficient (Wildman–Crippen LogP) is 4.90. The highest BCUT2D eigenvalue weighted by Crippen LogP contribution is 2.21. The fourth-order valence-corrected chi connectivity index (χ4v) is 2.51. The molecule has 3 aromatic carbocycles. The average Bonchev–Trinajstić information content (AvgIpc) is 2.67. The quantitative estimate of drug-likeness (QED) is 0.651. The van der Waals surface area contributed by atoms with Gasteiger partial charge >= 0.3 is 0 Å². The molecule has 0 heterocycles. The van der Waals surface area contributed by atoms with Crippen molar-refractivity contribution >= 4 is 23.0 Å². The first kappa shape index (κ1) is 18.4. The molecule has 138 valence electrons. The highest BCUT2D eigenvalue weighted by molar-refractivity contribution is 5.92. The van der Waals surface area contributed by atoms with E-state index in [1.54, 1.807) is 43.5 Å². The lowest BCUT2D eigenvalue weighted by Crippen LogP contribution is -2.14. The summed E-state index contributed by atoms with van der Waals surface area (Å²) in [7, 11) is 1.59. The molecule has 4 nitrogen and oxygen atoms in total. The molecule has 1 amide bonds. The van der Waals surface area contributed by atoms with E-state index in [2.05, 4.69) is 10.6 Å². The number of carbonyl (C=O) groups excluding carboxylic acids is 1. The van der Waals surface area contributed by atoms with Gasteiger partial charge in [0.1, 0.15) is 5.75 Å². The van der Waals surface area contributed by atoms with Crippen LogP contribution in [-0.4, -0.2) is 13.0 Å². The van der Waals surface area contributed by atoms with Gasteiger partial charge in [-0.1, -0.05) is 12.1 Å². The molecule has 0 aliphatic heterocycles. The van der Waals surface area contributed by atoms with Crippen LogP contribution in [-0.2, 0) is 11.2 Å². The molecular formula is C21H18F2N2O2. The van der Waals surface area contributed by atoms with Gasteiger partial charge in [0.15, 0.2) is 11.6 Å². The van der Waals surface area contributed by atoms with Gasteiger partial charge in [-0.05, 0) is 54.1 Å². The second-order valence-electron chi connectivity index (χ2n) is 5.90. The van der Waals surface area contributed by atoms with Crippen molar-refractivity contribution in [3.8, 4) is 5.75 Å². The Morgan fingerprint density at radius 3 is 2.11 bits per heavy atom. The lowest BCUT2D eigenvalue weighted by Gasteiger charge is -2.09. The third kappa shape index (κ3) is 5.04. The standard InChI is InChI=1S/C21H18F2N2O2/c1-27-18-9-2-14(3-10-18)12-21(26)25-16-6-4-15(5-7-16)24-17-8-11-19(22)20(23)13-17/h2-11,13,24H,12H2,1H3,(H,25,26).